The number of halogens is 3. The summed E-state index contributed by atoms with van der Waals surface area (Å²) in [5.74, 6) is 1.96. The smallest absolute Gasteiger partial charge is 0.231 e. The highest BCUT2D eigenvalue weighted by atomic mass is 35.5. The average molecular weight is 474 g/mol. The van der Waals surface area contributed by atoms with Crippen LogP contribution >= 0.6 is 34.8 Å². The van der Waals surface area contributed by atoms with Gasteiger partial charge < -0.3 is 19.3 Å². The summed E-state index contributed by atoms with van der Waals surface area (Å²) in [6.45, 7) is 5.41. The van der Waals surface area contributed by atoms with E-state index < -0.39 is 6.10 Å². The van der Waals surface area contributed by atoms with Crippen LogP contribution in [0.4, 0.5) is 0 Å². The first-order valence-corrected chi connectivity index (χ1v) is 10.9. The van der Waals surface area contributed by atoms with Gasteiger partial charge in [-0.2, -0.15) is 0 Å². The van der Waals surface area contributed by atoms with Crippen molar-refractivity contribution in [1.29, 1.82) is 0 Å². The number of benzene rings is 2. The second kappa shape index (κ2) is 9.81. The molecule has 162 valence electrons. The van der Waals surface area contributed by atoms with E-state index in [9.17, 15) is 5.11 Å². The molecule has 2 aliphatic rings. The van der Waals surface area contributed by atoms with Gasteiger partial charge in [0.2, 0.25) is 6.79 Å². The van der Waals surface area contributed by atoms with Gasteiger partial charge in [0.1, 0.15) is 12.7 Å². The van der Waals surface area contributed by atoms with Crippen molar-refractivity contribution >= 4 is 34.8 Å². The fourth-order valence-corrected chi connectivity index (χ4v) is 4.55. The second-order valence-corrected chi connectivity index (χ2v) is 8.68. The first kappa shape index (κ1) is 21.8. The van der Waals surface area contributed by atoms with Crippen molar-refractivity contribution in [2.45, 2.75) is 12.6 Å². The molecule has 6 nitrogen and oxygen atoms in total. The molecule has 1 N–H and O–H groups in total. The molecule has 0 unspecified atom stereocenters. The molecule has 2 aromatic carbocycles. The van der Waals surface area contributed by atoms with Crippen molar-refractivity contribution < 1.29 is 19.3 Å². The molecule has 0 radical (unpaired) electrons. The van der Waals surface area contributed by atoms with Gasteiger partial charge in [-0.05, 0) is 29.8 Å². The zero-order valence-electron chi connectivity index (χ0n) is 16.3. The number of rotatable bonds is 7. The van der Waals surface area contributed by atoms with Crippen LogP contribution in [0.2, 0.25) is 15.1 Å². The summed E-state index contributed by atoms with van der Waals surface area (Å²) >= 11 is 18.1. The topological polar surface area (TPSA) is 54.4 Å². The summed E-state index contributed by atoms with van der Waals surface area (Å²) in [7, 11) is 0. The predicted octanol–water partition coefficient (Wildman–Crippen LogP) is 3.93. The van der Waals surface area contributed by atoms with Gasteiger partial charge in [0.15, 0.2) is 17.2 Å². The summed E-state index contributed by atoms with van der Waals surface area (Å²) in [4.78, 5) is 4.62. The van der Waals surface area contributed by atoms with E-state index in [1.54, 1.807) is 12.1 Å². The average Bonchev–Trinajstić information content (AvgIpc) is 3.16. The number of nitrogens with zero attached hydrogens (tertiary/aromatic N) is 2. The fraction of sp³-hybridized carbons (Fsp3) is 0.429. The van der Waals surface area contributed by atoms with E-state index in [-0.39, 0.29) is 6.61 Å². The van der Waals surface area contributed by atoms with Crippen LogP contribution < -0.4 is 14.2 Å². The molecule has 2 aromatic rings. The number of aliphatic hydroxyl groups excluding tert-OH is 1. The Hall–Kier alpha value is -1.41. The highest BCUT2D eigenvalue weighted by Gasteiger charge is 2.21. The SMILES string of the molecule is O[C@H](COc1c(Cl)cc(Cl)cc1Cl)CN1CCN(Cc2ccc3c(c2)OCO3)CC1. The first-order valence-electron chi connectivity index (χ1n) is 9.76. The lowest BCUT2D eigenvalue weighted by Gasteiger charge is -2.35. The predicted molar refractivity (Wildman–Crippen MR) is 117 cm³/mol. The van der Waals surface area contributed by atoms with E-state index >= 15 is 0 Å². The number of aliphatic hydroxyl groups is 1. The lowest BCUT2D eigenvalue weighted by Crippen LogP contribution is -2.48. The van der Waals surface area contributed by atoms with Crippen LogP contribution in [-0.4, -0.2) is 67.1 Å². The summed E-state index contributed by atoms with van der Waals surface area (Å²) in [5, 5.41) is 11.5. The van der Waals surface area contributed by atoms with E-state index in [2.05, 4.69) is 15.9 Å². The maximum Gasteiger partial charge on any atom is 0.231 e. The van der Waals surface area contributed by atoms with Gasteiger partial charge in [0.25, 0.3) is 0 Å². The molecule has 0 spiro atoms. The van der Waals surface area contributed by atoms with Crippen molar-refractivity contribution in [3.8, 4) is 17.2 Å². The molecule has 30 heavy (non-hydrogen) atoms. The molecule has 0 amide bonds. The first-order chi connectivity index (χ1) is 14.5. The Balaban J connectivity index is 1.21. The highest BCUT2D eigenvalue weighted by Crippen LogP contribution is 2.36. The van der Waals surface area contributed by atoms with Crippen LogP contribution in [0.15, 0.2) is 30.3 Å². The molecule has 1 atom stereocenters. The Morgan fingerprint density at radius 2 is 1.60 bits per heavy atom. The molecule has 9 heteroatoms. The molecular formula is C21H23Cl3N2O4. The Labute approximate surface area is 190 Å². The van der Waals surface area contributed by atoms with Crippen LogP contribution in [0.1, 0.15) is 5.56 Å². The van der Waals surface area contributed by atoms with E-state index in [0.717, 1.165) is 44.2 Å². The summed E-state index contributed by atoms with van der Waals surface area (Å²) in [6.07, 6.45) is -0.645. The zero-order valence-corrected chi connectivity index (χ0v) is 18.6. The Morgan fingerprint density at radius 3 is 2.33 bits per heavy atom. The third-order valence-corrected chi connectivity index (χ3v) is 5.94. The summed E-state index contributed by atoms with van der Waals surface area (Å²) in [6, 6.07) is 9.21. The second-order valence-electron chi connectivity index (χ2n) is 7.43. The maximum atomic E-state index is 10.4. The Morgan fingerprint density at radius 1 is 0.933 bits per heavy atom. The number of fused-ring (bicyclic) bond motifs is 1. The van der Waals surface area contributed by atoms with Crippen LogP contribution in [0.25, 0.3) is 0 Å². The number of β-amino-alcohol motifs (C(OH)–C–C–N with tert-alkyl or cyclic N) is 1. The highest BCUT2D eigenvalue weighted by molar-refractivity contribution is 6.40. The van der Waals surface area contributed by atoms with Gasteiger partial charge in [-0.15, -0.1) is 0 Å². The summed E-state index contributed by atoms with van der Waals surface area (Å²) < 4.78 is 16.4. The summed E-state index contributed by atoms with van der Waals surface area (Å²) in [5.41, 5.74) is 1.21. The molecule has 4 rings (SSSR count). The van der Waals surface area contributed by atoms with E-state index in [0.29, 0.717) is 34.2 Å². The third kappa shape index (κ3) is 5.44. The molecule has 2 heterocycles. The maximum absolute atomic E-state index is 10.4. The molecular weight excluding hydrogens is 451 g/mol. The lowest BCUT2D eigenvalue weighted by atomic mass is 10.1. The minimum atomic E-state index is -0.645. The van der Waals surface area contributed by atoms with Gasteiger partial charge in [0.05, 0.1) is 10.0 Å². The Bertz CT molecular complexity index is 868. The van der Waals surface area contributed by atoms with Crippen LogP contribution in [0.5, 0.6) is 17.2 Å². The van der Waals surface area contributed by atoms with Gasteiger partial charge >= 0.3 is 0 Å². The number of hydrogen-bond donors (Lipinski definition) is 1. The largest absolute Gasteiger partial charge is 0.488 e. The van der Waals surface area contributed by atoms with Crippen LogP contribution in [-0.2, 0) is 6.54 Å². The molecule has 0 bridgehead atoms. The van der Waals surface area contributed by atoms with Crippen molar-refractivity contribution in [2.75, 3.05) is 46.1 Å². The lowest BCUT2D eigenvalue weighted by molar-refractivity contribution is 0.0446. The number of piperazine rings is 1. The van der Waals surface area contributed by atoms with Crippen LogP contribution in [0, 0.1) is 0 Å². The monoisotopic (exact) mass is 472 g/mol. The molecule has 2 aliphatic heterocycles. The molecule has 0 aromatic heterocycles. The van der Waals surface area contributed by atoms with Gasteiger partial charge in [0, 0.05) is 44.3 Å². The molecule has 0 aliphatic carbocycles. The number of hydrogen-bond acceptors (Lipinski definition) is 6. The molecule has 1 saturated heterocycles. The molecule has 0 saturated carbocycles. The van der Waals surface area contributed by atoms with Gasteiger partial charge in [-0.3, -0.25) is 9.80 Å². The van der Waals surface area contributed by atoms with Crippen molar-refractivity contribution in [3.63, 3.8) is 0 Å². The third-order valence-electron chi connectivity index (χ3n) is 5.16. The minimum Gasteiger partial charge on any atom is -0.488 e. The van der Waals surface area contributed by atoms with E-state index in [4.69, 9.17) is 49.0 Å². The standard InChI is InChI=1S/C21H23Cl3N2O4/c22-15-8-17(23)21(18(24)9-15)28-12-16(27)11-26-5-3-25(4-6-26)10-14-1-2-19-20(7-14)30-13-29-19/h1-2,7-9,16,27H,3-6,10-13H2/t16-/m0/s1. The van der Waals surface area contributed by atoms with Gasteiger partial charge in [-0.25, -0.2) is 0 Å². The normalized spacial score (nSPS) is 17.9. The van der Waals surface area contributed by atoms with Crippen molar-refractivity contribution in [2.24, 2.45) is 0 Å². The van der Waals surface area contributed by atoms with Crippen LogP contribution in [0.3, 0.4) is 0 Å². The van der Waals surface area contributed by atoms with Crippen molar-refractivity contribution in [1.82, 2.24) is 9.80 Å². The van der Waals surface area contributed by atoms with E-state index in [1.807, 2.05) is 12.1 Å². The van der Waals surface area contributed by atoms with Gasteiger partial charge in [-0.1, -0.05) is 40.9 Å². The zero-order chi connectivity index (χ0) is 21.1. The number of ether oxygens (including phenoxy) is 3. The van der Waals surface area contributed by atoms with E-state index in [1.165, 1.54) is 5.56 Å². The minimum absolute atomic E-state index is 0.110. The molecule has 1 fully saturated rings. The quantitative estimate of drug-likeness (QED) is 0.657. The fourth-order valence-electron chi connectivity index (χ4n) is 3.62. The Kier molecular flexibility index (Phi) is 7.13. The van der Waals surface area contributed by atoms with Crippen molar-refractivity contribution in [3.05, 3.63) is 51.0 Å².